The van der Waals surface area contributed by atoms with Crippen LogP contribution in [0.15, 0.2) is 42.5 Å². The third-order valence-corrected chi connectivity index (χ3v) is 12.3. The number of carbonyl (C=O) groups excluding carboxylic acids is 1. The summed E-state index contributed by atoms with van der Waals surface area (Å²) in [5.74, 6) is 2.34. The van der Waals surface area contributed by atoms with E-state index < -0.39 is 0 Å². The summed E-state index contributed by atoms with van der Waals surface area (Å²) in [5, 5.41) is 0. The van der Waals surface area contributed by atoms with Gasteiger partial charge in [-0.3, -0.25) is 0 Å². The molecule has 0 N–H and O–H groups in total. The number of rotatable bonds is 4. The second-order valence-corrected chi connectivity index (χ2v) is 13.6. The zero-order valence-corrected chi connectivity index (χ0v) is 20.6. The van der Waals surface area contributed by atoms with Crippen molar-refractivity contribution >= 4 is 25.2 Å². The Hall–Kier alpha value is -0.931. The first kappa shape index (κ1) is 20.7. The van der Waals surface area contributed by atoms with Gasteiger partial charge in [0.05, 0.1) is 0 Å². The molecule has 1 aromatic carbocycles. The topological polar surface area (TPSA) is 35.5 Å². The van der Waals surface area contributed by atoms with Crippen LogP contribution in [0.2, 0.25) is 4.82 Å². The molecule has 4 aliphatic carbocycles. The Kier molecular flexibility index (Phi) is 4.69. The Morgan fingerprint density at radius 2 is 2.03 bits per heavy atom. The maximum absolute atomic E-state index is 14.1. The Morgan fingerprint density at radius 3 is 2.81 bits per heavy atom. The van der Waals surface area contributed by atoms with Crippen LogP contribution in [-0.2, 0) is 14.3 Å². The zero-order valence-electron chi connectivity index (χ0n) is 18.9. The summed E-state index contributed by atoms with van der Waals surface area (Å²) in [6.45, 7) is 7.62. The van der Waals surface area contributed by atoms with Gasteiger partial charge in [0.1, 0.15) is 0 Å². The fourth-order valence-electron chi connectivity index (χ4n) is 8.42. The predicted molar refractivity (Wildman–Crippen MR) is 122 cm³/mol. The molecule has 3 nitrogen and oxygen atoms in total. The summed E-state index contributed by atoms with van der Waals surface area (Å²) >= 11 is 0.191. The van der Waals surface area contributed by atoms with Gasteiger partial charge in [0, 0.05) is 0 Å². The summed E-state index contributed by atoms with van der Waals surface area (Å²) < 4.78 is 14.0. The molecule has 1 spiro atoms. The van der Waals surface area contributed by atoms with Gasteiger partial charge in [-0.1, -0.05) is 0 Å². The molecule has 1 saturated heterocycles. The molecule has 0 radical (unpaired) electrons. The predicted octanol–water partition coefficient (Wildman–Crippen LogP) is 4.54. The first-order chi connectivity index (χ1) is 14.9. The molecule has 6 rings (SSSR count). The summed E-state index contributed by atoms with van der Waals surface area (Å²) in [6, 6.07) is 10.7. The molecule has 1 heterocycles. The molecule has 5 aliphatic rings. The Morgan fingerprint density at radius 1 is 1.23 bits per heavy atom. The van der Waals surface area contributed by atoms with Gasteiger partial charge < -0.3 is 0 Å². The Labute approximate surface area is 192 Å². The average molecular weight is 486 g/mol. The molecule has 1 aliphatic heterocycles. The first-order valence-electron chi connectivity index (χ1n) is 12.1. The summed E-state index contributed by atoms with van der Waals surface area (Å²) in [4.78, 5) is 14.3. The van der Waals surface area contributed by atoms with Crippen LogP contribution in [0.1, 0.15) is 52.9 Å². The molecule has 9 atom stereocenters. The molecule has 0 aromatic heterocycles. The third-order valence-electron chi connectivity index (χ3n) is 9.72. The van der Waals surface area contributed by atoms with Crippen LogP contribution in [0.5, 0.6) is 0 Å². The zero-order chi connectivity index (χ0) is 21.4. The summed E-state index contributed by atoms with van der Waals surface area (Å²) in [7, 11) is 0. The van der Waals surface area contributed by atoms with Crippen molar-refractivity contribution in [2.45, 2.75) is 70.1 Å². The van der Waals surface area contributed by atoms with Gasteiger partial charge in [-0.15, -0.1) is 0 Å². The number of carbonyl (C=O) groups is 1. The monoisotopic (exact) mass is 486 g/mol. The summed E-state index contributed by atoms with van der Waals surface area (Å²) in [5.41, 5.74) is 0.148. The molecule has 1 aromatic rings. The van der Waals surface area contributed by atoms with Crippen LogP contribution in [0, 0.1) is 34.0 Å². The second kappa shape index (κ2) is 7.03. The molecule has 0 unspecified atom stereocenters. The van der Waals surface area contributed by atoms with E-state index in [9.17, 15) is 4.79 Å². The van der Waals surface area contributed by atoms with Crippen molar-refractivity contribution in [2.75, 3.05) is 6.61 Å². The number of fused-ring (bicyclic) bond motifs is 2. The number of allylic oxidation sites excluding steroid dienone is 2. The molecule has 0 amide bonds. The van der Waals surface area contributed by atoms with Crippen molar-refractivity contribution < 1.29 is 14.3 Å². The first-order valence-corrected chi connectivity index (χ1v) is 14.0. The van der Waals surface area contributed by atoms with Gasteiger partial charge in [0.25, 0.3) is 0 Å². The van der Waals surface area contributed by atoms with Gasteiger partial charge in [-0.2, -0.15) is 0 Å². The fourth-order valence-corrected chi connectivity index (χ4v) is 11.1. The van der Waals surface area contributed by atoms with Crippen molar-refractivity contribution in [1.82, 2.24) is 0 Å². The van der Waals surface area contributed by atoms with E-state index in [1.54, 1.807) is 0 Å². The maximum atomic E-state index is 14.1. The van der Waals surface area contributed by atoms with E-state index in [-0.39, 0.29) is 48.4 Å². The van der Waals surface area contributed by atoms with Crippen LogP contribution in [-0.4, -0.2) is 39.7 Å². The number of hydrogen-bond donors (Lipinski definition) is 0. The fraction of sp³-hybridized carbons (Fsp3) is 0.667. The van der Waals surface area contributed by atoms with Gasteiger partial charge in [-0.25, -0.2) is 0 Å². The third kappa shape index (κ3) is 2.68. The quantitative estimate of drug-likeness (QED) is 0.464. The van der Waals surface area contributed by atoms with Crippen LogP contribution >= 0.6 is 0 Å². The molecule has 166 valence electrons. The van der Waals surface area contributed by atoms with Crippen molar-refractivity contribution in [3.05, 3.63) is 42.5 Å². The Bertz CT molecular complexity index is 914. The minimum atomic E-state index is -0.211. The van der Waals surface area contributed by atoms with E-state index >= 15 is 0 Å². The number of ketones is 1. The molecule has 31 heavy (non-hydrogen) atoms. The molecular formula is C27H34O3Se. The minimum absolute atomic E-state index is 0.0666. The van der Waals surface area contributed by atoms with Crippen LogP contribution in [0.25, 0.3) is 0 Å². The van der Waals surface area contributed by atoms with E-state index in [0.29, 0.717) is 30.1 Å². The van der Waals surface area contributed by atoms with E-state index in [2.05, 4.69) is 56.3 Å². The van der Waals surface area contributed by atoms with Gasteiger partial charge in [0.15, 0.2) is 0 Å². The van der Waals surface area contributed by atoms with Crippen molar-refractivity contribution in [2.24, 2.45) is 34.0 Å². The van der Waals surface area contributed by atoms with Crippen LogP contribution in [0.4, 0.5) is 0 Å². The van der Waals surface area contributed by atoms with E-state index in [1.165, 1.54) is 4.46 Å². The number of benzene rings is 1. The summed E-state index contributed by atoms with van der Waals surface area (Å²) in [6.07, 6.45) is 9.95. The SMILES string of the molecule is CCO[C@@H]1C[C@@]23C[C@@]24[C@H](C[C@@H]([Se]c2ccccc2)C3=O)[C@@]2(C)CC=C[C@@H](C)[C@@H]2C[C@H]4O1. The van der Waals surface area contributed by atoms with Crippen molar-refractivity contribution in [3.63, 3.8) is 0 Å². The molecule has 0 bridgehead atoms. The van der Waals surface area contributed by atoms with Crippen LogP contribution in [0.3, 0.4) is 0 Å². The standard InChI is InChI=1S/C27H34O3Se/c1-4-29-23-15-26-16-27(26)21(14-20(24(26)28)31-18-10-6-5-7-11-18)25(3)12-8-9-17(2)19(25)13-22(27)30-23/h5-11,17,19-23H,4,12-16H2,1-3H3/t17-,19+,20-,21-,22-,23+,25+,26+,27+/m1/s1. The number of Topliss-reactive ketones (excluding diaryl/α,β-unsaturated/α-hetero) is 1. The van der Waals surface area contributed by atoms with Crippen molar-refractivity contribution in [3.8, 4) is 0 Å². The normalized spacial score (nSPS) is 49.7. The van der Waals surface area contributed by atoms with Gasteiger partial charge in [-0.05, 0) is 0 Å². The molecule has 4 fully saturated rings. The average Bonchev–Trinajstić information content (AvgIpc) is 3.45. The number of ether oxygens (including phenoxy) is 2. The second-order valence-electron chi connectivity index (χ2n) is 10.9. The van der Waals surface area contributed by atoms with Crippen molar-refractivity contribution in [1.29, 1.82) is 0 Å². The molecule has 4 heteroatoms. The van der Waals surface area contributed by atoms with E-state index in [1.807, 2.05) is 6.92 Å². The molecule has 3 saturated carbocycles. The number of hydrogen-bond acceptors (Lipinski definition) is 3. The van der Waals surface area contributed by atoms with Gasteiger partial charge >= 0.3 is 193 Å². The van der Waals surface area contributed by atoms with E-state index in [0.717, 1.165) is 32.1 Å². The van der Waals surface area contributed by atoms with Crippen LogP contribution < -0.4 is 4.46 Å². The Balaban J connectivity index is 1.42. The van der Waals surface area contributed by atoms with E-state index in [4.69, 9.17) is 9.47 Å². The van der Waals surface area contributed by atoms with Gasteiger partial charge in [0.2, 0.25) is 0 Å². The molecular weight excluding hydrogens is 451 g/mol.